The van der Waals surface area contributed by atoms with E-state index < -0.39 is 0 Å². The smallest absolute Gasteiger partial charge is 0.340 e. The molecular weight excluding hydrogens is 384 g/mol. The van der Waals surface area contributed by atoms with Gasteiger partial charge < -0.3 is 4.74 Å². The Morgan fingerprint density at radius 3 is 2.83 bits per heavy atom. The molecule has 0 spiro atoms. The zero-order chi connectivity index (χ0) is 9.14. The Morgan fingerprint density at radius 1 is 1.58 bits per heavy atom. The summed E-state index contributed by atoms with van der Waals surface area (Å²) in [5.41, 5.74) is 0.519. The van der Waals surface area contributed by atoms with Gasteiger partial charge in [-0.2, -0.15) is 0 Å². The number of aromatic nitrogens is 1. The monoisotopic (exact) mass is 389 g/mol. The van der Waals surface area contributed by atoms with Gasteiger partial charge in [0.1, 0.15) is 3.70 Å². The van der Waals surface area contributed by atoms with Crippen LogP contribution in [0.5, 0.6) is 0 Å². The molecule has 0 fully saturated rings. The van der Waals surface area contributed by atoms with Crippen molar-refractivity contribution in [2.45, 2.75) is 0 Å². The Kier molecular flexibility index (Phi) is 3.69. The van der Waals surface area contributed by atoms with Gasteiger partial charge in [0, 0.05) is 9.77 Å². The van der Waals surface area contributed by atoms with Crippen LogP contribution >= 0.6 is 45.2 Å². The van der Waals surface area contributed by atoms with E-state index in [-0.39, 0.29) is 5.97 Å². The number of carbonyl (C=O) groups excluding carboxylic acids is 1. The Morgan fingerprint density at radius 2 is 2.25 bits per heavy atom. The summed E-state index contributed by atoms with van der Waals surface area (Å²) in [5, 5.41) is 0. The van der Waals surface area contributed by atoms with Crippen molar-refractivity contribution < 1.29 is 9.53 Å². The third-order valence-corrected chi connectivity index (χ3v) is 2.66. The van der Waals surface area contributed by atoms with Crippen LogP contribution in [0.2, 0.25) is 0 Å². The molecule has 0 saturated heterocycles. The topological polar surface area (TPSA) is 39.2 Å². The first-order valence-electron chi connectivity index (χ1n) is 3.04. The van der Waals surface area contributed by atoms with E-state index in [1.54, 1.807) is 12.3 Å². The number of carbonyl (C=O) groups is 1. The number of pyridine rings is 1. The number of hydrogen-bond donors (Lipinski definition) is 0. The number of ether oxygens (including phenoxy) is 1. The zero-order valence-corrected chi connectivity index (χ0v) is 10.5. The van der Waals surface area contributed by atoms with E-state index in [0.717, 1.165) is 3.57 Å². The van der Waals surface area contributed by atoms with E-state index in [0.29, 0.717) is 9.26 Å². The lowest BCUT2D eigenvalue weighted by molar-refractivity contribution is 0.0599. The molecule has 1 heterocycles. The molecular formula is C7H5I2NO2. The highest BCUT2D eigenvalue weighted by atomic mass is 127. The standard InChI is InChI=1S/C7H5I2NO2/c1-12-7(11)5-2-4(8)3-10-6(5)9/h2-3H,1H3. The van der Waals surface area contributed by atoms with Crippen LogP contribution in [0, 0.1) is 7.27 Å². The highest BCUT2D eigenvalue weighted by Gasteiger charge is 2.10. The van der Waals surface area contributed by atoms with E-state index in [4.69, 9.17) is 0 Å². The van der Waals surface area contributed by atoms with Crippen LogP contribution in [0.15, 0.2) is 12.3 Å². The molecule has 0 bridgehead atoms. The Labute approximate surface area is 97.2 Å². The van der Waals surface area contributed by atoms with Crippen LogP contribution < -0.4 is 0 Å². The lowest BCUT2D eigenvalue weighted by Crippen LogP contribution is -2.05. The molecule has 0 radical (unpaired) electrons. The molecule has 64 valence electrons. The van der Waals surface area contributed by atoms with Gasteiger partial charge in [-0.1, -0.05) is 0 Å². The number of methoxy groups -OCH3 is 1. The predicted molar refractivity (Wildman–Crippen MR) is 61.0 cm³/mol. The van der Waals surface area contributed by atoms with E-state index in [1.165, 1.54) is 7.11 Å². The molecule has 0 amide bonds. The SMILES string of the molecule is COC(=O)c1cc(I)cnc1I. The maximum absolute atomic E-state index is 11.1. The lowest BCUT2D eigenvalue weighted by Gasteiger charge is -2.00. The second-order valence-electron chi connectivity index (χ2n) is 1.98. The van der Waals surface area contributed by atoms with Crippen molar-refractivity contribution >= 4 is 51.2 Å². The van der Waals surface area contributed by atoms with Crippen molar-refractivity contribution in [3.63, 3.8) is 0 Å². The fourth-order valence-corrected chi connectivity index (χ4v) is 1.64. The fraction of sp³-hybridized carbons (Fsp3) is 0.143. The summed E-state index contributed by atoms with van der Waals surface area (Å²) >= 11 is 4.10. The second-order valence-corrected chi connectivity index (χ2v) is 4.25. The van der Waals surface area contributed by atoms with Gasteiger partial charge >= 0.3 is 5.97 Å². The number of halogens is 2. The third-order valence-electron chi connectivity index (χ3n) is 1.21. The fourth-order valence-electron chi connectivity index (χ4n) is 0.676. The molecule has 1 aromatic heterocycles. The lowest BCUT2D eigenvalue weighted by atomic mass is 10.3. The van der Waals surface area contributed by atoms with Crippen molar-refractivity contribution in [2.24, 2.45) is 0 Å². The van der Waals surface area contributed by atoms with Gasteiger partial charge in [0.15, 0.2) is 0 Å². The molecule has 0 unspecified atom stereocenters. The van der Waals surface area contributed by atoms with Crippen molar-refractivity contribution in [3.8, 4) is 0 Å². The van der Waals surface area contributed by atoms with E-state index in [1.807, 2.05) is 22.6 Å². The van der Waals surface area contributed by atoms with Gasteiger partial charge in [-0.25, -0.2) is 9.78 Å². The van der Waals surface area contributed by atoms with Gasteiger partial charge in [0.2, 0.25) is 0 Å². The second kappa shape index (κ2) is 4.35. The maximum Gasteiger partial charge on any atom is 0.340 e. The van der Waals surface area contributed by atoms with E-state index in [2.05, 4.69) is 32.3 Å². The average molecular weight is 389 g/mol. The molecule has 0 aromatic carbocycles. The van der Waals surface area contributed by atoms with Crippen LogP contribution in [0.1, 0.15) is 10.4 Å². The molecule has 5 heteroatoms. The first kappa shape index (κ1) is 10.2. The number of rotatable bonds is 1. The van der Waals surface area contributed by atoms with Crippen LogP contribution in [0.3, 0.4) is 0 Å². The van der Waals surface area contributed by atoms with Gasteiger partial charge in [-0.3, -0.25) is 0 Å². The number of nitrogens with zero attached hydrogens (tertiary/aromatic N) is 1. The van der Waals surface area contributed by atoms with Gasteiger partial charge in [0.05, 0.1) is 12.7 Å². The summed E-state index contributed by atoms with van der Waals surface area (Å²) in [6.45, 7) is 0. The summed E-state index contributed by atoms with van der Waals surface area (Å²) < 4.78 is 6.18. The molecule has 0 aliphatic rings. The van der Waals surface area contributed by atoms with Crippen LogP contribution in [-0.4, -0.2) is 18.1 Å². The molecule has 0 aliphatic heterocycles. The van der Waals surface area contributed by atoms with Crippen LogP contribution in [0.4, 0.5) is 0 Å². The summed E-state index contributed by atoms with van der Waals surface area (Å²) in [6, 6.07) is 1.75. The minimum atomic E-state index is -0.342. The minimum absolute atomic E-state index is 0.342. The number of hydrogen-bond acceptors (Lipinski definition) is 3. The summed E-state index contributed by atoms with van der Waals surface area (Å²) in [4.78, 5) is 15.1. The number of esters is 1. The molecule has 3 nitrogen and oxygen atoms in total. The summed E-state index contributed by atoms with van der Waals surface area (Å²) in [7, 11) is 1.36. The Hall–Kier alpha value is 0.0800. The van der Waals surface area contributed by atoms with E-state index in [9.17, 15) is 4.79 Å². The molecule has 1 aromatic rings. The molecule has 0 saturated carbocycles. The quantitative estimate of drug-likeness (QED) is 0.420. The Bertz CT molecular complexity index is 314. The highest BCUT2D eigenvalue weighted by molar-refractivity contribution is 14.1. The molecule has 1 rings (SSSR count). The van der Waals surface area contributed by atoms with Crippen LogP contribution in [-0.2, 0) is 4.74 Å². The predicted octanol–water partition coefficient (Wildman–Crippen LogP) is 2.08. The molecule has 0 N–H and O–H groups in total. The highest BCUT2D eigenvalue weighted by Crippen LogP contribution is 2.13. The maximum atomic E-state index is 11.1. The first-order chi connectivity index (χ1) is 5.65. The van der Waals surface area contributed by atoms with Crippen molar-refractivity contribution in [2.75, 3.05) is 7.11 Å². The first-order valence-corrected chi connectivity index (χ1v) is 5.20. The average Bonchev–Trinajstić information content (AvgIpc) is 2.08. The molecule has 12 heavy (non-hydrogen) atoms. The van der Waals surface area contributed by atoms with Crippen molar-refractivity contribution in [1.29, 1.82) is 0 Å². The largest absolute Gasteiger partial charge is 0.465 e. The van der Waals surface area contributed by atoms with Crippen molar-refractivity contribution in [3.05, 3.63) is 25.1 Å². The van der Waals surface area contributed by atoms with Crippen LogP contribution in [0.25, 0.3) is 0 Å². The van der Waals surface area contributed by atoms with Gasteiger partial charge in [-0.05, 0) is 51.2 Å². The summed E-state index contributed by atoms with van der Waals surface area (Å²) in [6.07, 6.45) is 1.70. The normalized spacial score (nSPS) is 9.58. The van der Waals surface area contributed by atoms with Crippen molar-refractivity contribution in [1.82, 2.24) is 4.98 Å². The third kappa shape index (κ3) is 2.28. The minimum Gasteiger partial charge on any atom is -0.465 e. The Balaban J connectivity index is 3.13. The molecule has 0 atom stereocenters. The zero-order valence-electron chi connectivity index (χ0n) is 6.17. The van der Waals surface area contributed by atoms with E-state index >= 15 is 0 Å². The molecule has 0 aliphatic carbocycles. The summed E-state index contributed by atoms with van der Waals surface area (Å²) in [5.74, 6) is -0.342. The van der Waals surface area contributed by atoms with Gasteiger partial charge in [0.25, 0.3) is 0 Å². The van der Waals surface area contributed by atoms with Gasteiger partial charge in [-0.15, -0.1) is 0 Å².